The Morgan fingerprint density at radius 3 is 2.53 bits per heavy atom. The van der Waals surface area contributed by atoms with Crippen LogP contribution in [0.1, 0.15) is 12.8 Å². The average molecular weight is 253 g/mol. The van der Waals surface area contributed by atoms with Crippen LogP contribution in [0.25, 0.3) is 0 Å². The Morgan fingerprint density at radius 2 is 2.00 bits per heavy atom. The molecule has 0 bridgehead atoms. The molecule has 0 aliphatic heterocycles. The second kappa shape index (κ2) is 6.28. The molecule has 0 heterocycles. The van der Waals surface area contributed by atoms with Gasteiger partial charge in [-0.05, 0) is 30.7 Å². The Hall–Kier alpha value is -1.51. The Labute approximate surface area is 102 Å². The van der Waals surface area contributed by atoms with Crippen molar-refractivity contribution in [3.05, 3.63) is 24.3 Å². The van der Waals surface area contributed by atoms with E-state index in [1.165, 1.54) is 19.2 Å². The molecule has 0 spiro atoms. The molecular weight excluding hydrogens is 238 g/mol. The fourth-order valence-corrected chi connectivity index (χ4v) is 2.31. The minimum absolute atomic E-state index is 0.221. The number of unbranched alkanes of at least 4 members (excludes halogenated alkanes) is 1. The molecule has 5 heteroatoms. The van der Waals surface area contributed by atoms with Crippen LogP contribution in [0, 0.1) is 12.3 Å². The monoisotopic (exact) mass is 253 g/mol. The summed E-state index contributed by atoms with van der Waals surface area (Å²) in [7, 11) is -1.91. The Bertz CT molecular complexity index is 485. The van der Waals surface area contributed by atoms with Crippen molar-refractivity contribution < 1.29 is 13.2 Å². The molecule has 0 saturated heterocycles. The zero-order chi connectivity index (χ0) is 12.7. The van der Waals surface area contributed by atoms with Gasteiger partial charge in [0.1, 0.15) is 5.75 Å². The van der Waals surface area contributed by atoms with Crippen LogP contribution in [-0.2, 0) is 10.0 Å². The number of sulfonamides is 1. The molecule has 92 valence electrons. The van der Waals surface area contributed by atoms with Crippen LogP contribution in [0.15, 0.2) is 29.2 Å². The lowest BCUT2D eigenvalue weighted by molar-refractivity contribution is 0.414. The maximum absolute atomic E-state index is 11.8. The number of benzene rings is 1. The van der Waals surface area contributed by atoms with Gasteiger partial charge >= 0.3 is 0 Å². The number of nitrogens with one attached hydrogen (secondary N) is 1. The Kier molecular flexibility index (Phi) is 5.01. The summed E-state index contributed by atoms with van der Waals surface area (Å²) in [4.78, 5) is 0.221. The zero-order valence-corrected chi connectivity index (χ0v) is 10.5. The van der Waals surface area contributed by atoms with Crippen molar-refractivity contribution in [3.8, 4) is 18.1 Å². The quantitative estimate of drug-likeness (QED) is 0.615. The molecule has 1 N–H and O–H groups in total. The second-order valence-corrected chi connectivity index (χ2v) is 5.15. The van der Waals surface area contributed by atoms with Crippen LogP contribution in [0.5, 0.6) is 5.75 Å². The van der Waals surface area contributed by atoms with Gasteiger partial charge in [-0.2, -0.15) is 0 Å². The minimum Gasteiger partial charge on any atom is -0.497 e. The molecule has 0 radical (unpaired) electrons. The van der Waals surface area contributed by atoms with Gasteiger partial charge in [-0.3, -0.25) is 0 Å². The van der Waals surface area contributed by atoms with Gasteiger partial charge in [0.05, 0.1) is 12.0 Å². The van der Waals surface area contributed by atoms with E-state index in [1.54, 1.807) is 12.1 Å². The molecule has 1 aromatic rings. The van der Waals surface area contributed by atoms with Crippen LogP contribution in [0.2, 0.25) is 0 Å². The molecule has 1 aromatic carbocycles. The number of ether oxygens (including phenoxy) is 1. The van der Waals surface area contributed by atoms with Crippen molar-refractivity contribution in [2.75, 3.05) is 13.7 Å². The fraction of sp³-hybridized carbons (Fsp3) is 0.333. The van der Waals surface area contributed by atoms with Crippen LogP contribution in [-0.4, -0.2) is 22.1 Å². The van der Waals surface area contributed by atoms with Crippen LogP contribution in [0.3, 0.4) is 0 Å². The maximum Gasteiger partial charge on any atom is 0.240 e. The molecule has 0 unspecified atom stereocenters. The molecule has 0 aromatic heterocycles. The van der Waals surface area contributed by atoms with Crippen molar-refractivity contribution in [2.45, 2.75) is 17.7 Å². The lowest BCUT2D eigenvalue weighted by Crippen LogP contribution is -2.24. The van der Waals surface area contributed by atoms with E-state index in [2.05, 4.69) is 10.6 Å². The molecule has 1 rings (SSSR count). The lowest BCUT2D eigenvalue weighted by atomic mass is 10.3. The molecule has 0 amide bonds. The van der Waals surface area contributed by atoms with Gasteiger partial charge in [-0.25, -0.2) is 13.1 Å². The molecule has 0 atom stereocenters. The van der Waals surface area contributed by atoms with Gasteiger partial charge in [-0.1, -0.05) is 0 Å². The van der Waals surface area contributed by atoms with E-state index < -0.39 is 10.0 Å². The SMILES string of the molecule is C#CCCCNS(=O)(=O)c1ccc(OC)cc1. The number of rotatable bonds is 6. The van der Waals surface area contributed by atoms with E-state index in [4.69, 9.17) is 11.2 Å². The van der Waals surface area contributed by atoms with Crippen molar-refractivity contribution in [3.63, 3.8) is 0 Å². The van der Waals surface area contributed by atoms with Crippen molar-refractivity contribution in [1.29, 1.82) is 0 Å². The Balaban J connectivity index is 2.66. The third-order valence-corrected chi connectivity index (χ3v) is 3.64. The van der Waals surface area contributed by atoms with E-state index >= 15 is 0 Å². The second-order valence-electron chi connectivity index (χ2n) is 3.38. The largest absolute Gasteiger partial charge is 0.497 e. The molecule has 0 fully saturated rings. The van der Waals surface area contributed by atoms with E-state index in [9.17, 15) is 8.42 Å². The highest BCUT2D eigenvalue weighted by atomic mass is 32.2. The van der Waals surface area contributed by atoms with E-state index in [0.29, 0.717) is 25.1 Å². The first kappa shape index (κ1) is 13.6. The third kappa shape index (κ3) is 4.10. The molecule has 0 aliphatic rings. The summed E-state index contributed by atoms with van der Waals surface area (Å²) >= 11 is 0. The third-order valence-electron chi connectivity index (χ3n) is 2.16. The maximum atomic E-state index is 11.8. The summed E-state index contributed by atoms with van der Waals surface area (Å²) in [5, 5.41) is 0. The van der Waals surface area contributed by atoms with Crippen LogP contribution < -0.4 is 9.46 Å². The summed E-state index contributed by atoms with van der Waals surface area (Å²) in [6.07, 6.45) is 6.27. The van der Waals surface area contributed by atoms with Crippen molar-refractivity contribution in [2.24, 2.45) is 0 Å². The summed E-state index contributed by atoms with van der Waals surface area (Å²) < 4.78 is 31.0. The predicted molar refractivity (Wildman–Crippen MR) is 66.2 cm³/mol. The topological polar surface area (TPSA) is 55.4 Å². The first-order valence-electron chi connectivity index (χ1n) is 5.17. The molecule has 17 heavy (non-hydrogen) atoms. The summed E-state index contributed by atoms with van der Waals surface area (Å²) in [6.45, 7) is 0.346. The van der Waals surface area contributed by atoms with Gasteiger partial charge in [0.25, 0.3) is 0 Å². The van der Waals surface area contributed by atoms with Crippen LogP contribution >= 0.6 is 0 Å². The smallest absolute Gasteiger partial charge is 0.240 e. The number of hydrogen-bond donors (Lipinski definition) is 1. The van der Waals surface area contributed by atoms with Gasteiger partial charge in [0.2, 0.25) is 10.0 Å². The summed E-state index contributed by atoms with van der Waals surface area (Å²) in [6, 6.07) is 6.22. The number of terminal acetylenes is 1. The molecule has 4 nitrogen and oxygen atoms in total. The van der Waals surface area contributed by atoms with Crippen LogP contribution in [0.4, 0.5) is 0 Å². The van der Waals surface area contributed by atoms with Crippen molar-refractivity contribution >= 4 is 10.0 Å². The summed E-state index contributed by atoms with van der Waals surface area (Å²) in [5.74, 6) is 3.08. The number of methoxy groups -OCH3 is 1. The van der Waals surface area contributed by atoms with Crippen molar-refractivity contribution in [1.82, 2.24) is 4.72 Å². The lowest BCUT2D eigenvalue weighted by Gasteiger charge is -2.06. The van der Waals surface area contributed by atoms with Gasteiger partial charge in [0, 0.05) is 13.0 Å². The minimum atomic E-state index is -3.44. The normalized spacial score (nSPS) is 10.8. The van der Waals surface area contributed by atoms with E-state index in [1.807, 2.05) is 0 Å². The van der Waals surface area contributed by atoms with E-state index in [0.717, 1.165) is 0 Å². The highest BCUT2D eigenvalue weighted by Crippen LogP contribution is 2.15. The Morgan fingerprint density at radius 1 is 1.35 bits per heavy atom. The first-order valence-corrected chi connectivity index (χ1v) is 6.65. The van der Waals surface area contributed by atoms with Gasteiger partial charge in [0.15, 0.2) is 0 Å². The van der Waals surface area contributed by atoms with E-state index in [-0.39, 0.29) is 4.90 Å². The first-order chi connectivity index (χ1) is 8.10. The molecule has 0 aliphatic carbocycles. The summed E-state index contributed by atoms with van der Waals surface area (Å²) in [5.41, 5.74) is 0. The van der Waals surface area contributed by atoms with Gasteiger partial charge in [-0.15, -0.1) is 12.3 Å². The fourth-order valence-electron chi connectivity index (χ4n) is 1.24. The number of hydrogen-bond acceptors (Lipinski definition) is 3. The molecular formula is C12H15NO3S. The average Bonchev–Trinajstić information content (AvgIpc) is 2.35. The highest BCUT2D eigenvalue weighted by Gasteiger charge is 2.12. The van der Waals surface area contributed by atoms with Gasteiger partial charge < -0.3 is 4.74 Å². The standard InChI is InChI=1S/C12H15NO3S/c1-3-4-5-10-13-17(14,15)12-8-6-11(16-2)7-9-12/h1,6-9,13H,4-5,10H2,2H3. The molecule has 0 saturated carbocycles. The highest BCUT2D eigenvalue weighted by molar-refractivity contribution is 7.89. The zero-order valence-electron chi connectivity index (χ0n) is 9.64. The predicted octanol–water partition coefficient (Wildman–Crippen LogP) is 1.39.